The standard InChI is InChI=1S/C13H19BrN2O2/c1-9(15)13(17)16(2)7-6-10-8-11(14)4-5-12(10)18-3/h4-5,8-9H,6-7,15H2,1-3H3. The highest BCUT2D eigenvalue weighted by Gasteiger charge is 2.13. The summed E-state index contributed by atoms with van der Waals surface area (Å²) in [5.41, 5.74) is 6.63. The lowest BCUT2D eigenvalue weighted by Gasteiger charge is -2.20. The van der Waals surface area contributed by atoms with Gasteiger partial charge in [0.15, 0.2) is 0 Å². The number of methoxy groups -OCH3 is 1. The lowest BCUT2D eigenvalue weighted by Crippen LogP contribution is -2.40. The van der Waals surface area contributed by atoms with Crippen molar-refractivity contribution in [1.82, 2.24) is 4.90 Å². The quantitative estimate of drug-likeness (QED) is 0.901. The summed E-state index contributed by atoms with van der Waals surface area (Å²) in [6.45, 7) is 2.31. The Morgan fingerprint density at radius 2 is 2.22 bits per heavy atom. The van der Waals surface area contributed by atoms with Crippen molar-refractivity contribution < 1.29 is 9.53 Å². The lowest BCUT2D eigenvalue weighted by molar-refractivity contribution is -0.130. The van der Waals surface area contributed by atoms with Crippen LogP contribution in [0.15, 0.2) is 22.7 Å². The van der Waals surface area contributed by atoms with E-state index in [0.717, 1.165) is 22.2 Å². The van der Waals surface area contributed by atoms with Gasteiger partial charge in [-0.15, -0.1) is 0 Å². The molecule has 0 saturated heterocycles. The summed E-state index contributed by atoms with van der Waals surface area (Å²) in [7, 11) is 3.40. The number of amides is 1. The van der Waals surface area contributed by atoms with Gasteiger partial charge in [0.05, 0.1) is 13.2 Å². The van der Waals surface area contributed by atoms with Gasteiger partial charge in [0.1, 0.15) is 5.75 Å². The molecule has 0 aliphatic rings. The highest BCUT2D eigenvalue weighted by atomic mass is 79.9. The van der Waals surface area contributed by atoms with Gasteiger partial charge in [0, 0.05) is 18.1 Å². The molecule has 1 rings (SSSR count). The van der Waals surface area contributed by atoms with E-state index in [9.17, 15) is 4.79 Å². The smallest absolute Gasteiger partial charge is 0.238 e. The number of rotatable bonds is 5. The zero-order valence-corrected chi connectivity index (χ0v) is 12.5. The first-order valence-electron chi connectivity index (χ1n) is 5.78. The molecule has 0 saturated carbocycles. The molecule has 0 aliphatic heterocycles. The number of hydrogen-bond donors (Lipinski definition) is 1. The number of hydrogen-bond acceptors (Lipinski definition) is 3. The van der Waals surface area contributed by atoms with Gasteiger partial charge in [-0.05, 0) is 37.1 Å². The summed E-state index contributed by atoms with van der Waals surface area (Å²) in [6.07, 6.45) is 0.734. The molecule has 0 aromatic heterocycles. The van der Waals surface area contributed by atoms with Crippen LogP contribution >= 0.6 is 15.9 Å². The van der Waals surface area contributed by atoms with E-state index in [4.69, 9.17) is 10.5 Å². The Morgan fingerprint density at radius 3 is 2.78 bits per heavy atom. The van der Waals surface area contributed by atoms with Gasteiger partial charge < -0.3 is 15.4 Å². The third kappa shape index (κ3) is 3.99. The number of nitrogens with zero attached hydrogens (tertiary/aromatic N) is 1. The van der Waals surface area contributed by atoms with E-state index >= 15 is 0 Å². The van der Waals surface area contributed by atoms with Crippen molar-refractivity contribution in [3.8, 4) is 5.75 Å². The van der Waals surface area contributed by atoms with E-state index < -0.39 is 6.04 Å². The predicted octanol–water partition coefficient (Wildman–Crippen LogP) is 1.81. The minimum absolute atomic E-state index is 0.0519. The van der Waals surface area contributed by atoms with Crippen molar-refractivity contribution in [2.24, 2.45) is 5.73 Å². The highest BCUT2D eigenvalue weighted by Crippen LogP contribution is 2.23. The van der Waals surface area contributed by atoms with E-state index in [1.54, 1.807) is 26.0 Å². The first-order chi connectivity index (χ1) is 8.45. The second kappa shape index (κ2) is 6.75. The fourth-order valence-electron chi connectivity index (χ4n) is 1.69. The zero-order chi connectivity index (χ0) is 13.7. The molecule has 1 aromatic rings. The molecule has 2 N–H and O–H groups in total. The van der Waals surface area contributed by atoms with Crippen LogP contribution in [0.3, 0.4) is 0 Å². The third-order valence-corrected chi connectivity index (χ3v) is 3.22. The molecule has 1 amide bonds. The number of likely N-dealkylation sites (N-methyl/N-ethyl adjacent to an activating group) is 1. The molecule has 4 nitrogen and oxygen atoms in total. The SMILES string of the molecule is COc1ccc(Br)cc1CCN(C)C(=O)C(C)N. The van der Waals surface area contributed by atoms with Crippen LogP contribution in [0.4, 0.5) is 0 Å². The van der Waals surface area contributed by atoms with Crippen molar-refractivity contribution in [2.75, 3.05) is 20.7 Å². The van der Waals surface area contributed by atoms with Crippen LogP contribution in [0.5, 0.6) is 5.75 Å². The van der Waals surface area contributed by atoms with Crippen LogP contribution in [0.1, 0.15) is 12.5 Å². The van der Waals surface area contributed by atoms with Crippen molar-refractivity contribution >= 4 is 21.8 Å². The fourth-order valence-corrected chi connectivity index (χ4v) is 2.10. The molecular weight excluding hydrogens is 296 g/mol. The van der Waals surface area contributed by atoms with E-state index in [1.165, 1.54) is 0 Å². The molecule has 5 heteroatoms. The van der Waals surface area contributed by atoms with E-state index in [1.807, 2.05) is 18.2 Å². The van der Waals surface area contributed by atoms with Crippen LogP contribution in [0.25, 0.3) is 0 Å². The first-order valence-corrected chi connectivity index (χ1v) is 6.58. The highest BCUT2D eigenvalue weighted by molar-refractivity contribution is 9.10. The average molecular weight is 315 g/mol. The van der Waals surface area contributed by atoms with Gasteiger partial charge >= 0.3 is 0 Å². The molecule has 18 heavy (non-hydrogen) atoms. The van der Waals surface area contributed by atoms with Crippen molar-refractivity contribution in [3.05, 3.63) is 28.2 Å². The number of nitrogens with two attached hydrogens (primary N) is 1. The Bertz CT molecular complexity index is 421. The molecule has 0 bridgehead atoms. The Kier molecular flexibility index (Phi) is 5.62. The van der Waals surface area contributed by atoms with Crippen molar-refractivity contribution in [3.63, 3.8) is 0 Å². The Hall–Kier alpha value is -1.07. The maximum absolute atomic E-state index is 11.6. The van der Waals surface area contributed by atoms with Gasteiger partial charge in [-0.25, -0.2) is 0 Å². The molecule has 1 unspecified atom stereocenters. The molecule has 0 heterocycles. The molecular formula is C13H19BrN2O2. The van der Waals surface area contributed by atoms with E-state index in [-0.39, 0.29) is 5.91 Å². The summed E-state index contributed by atoms with van der Waals surface area (Å²) in [5, 5.41) is 0. The fraction of sp³-hybridized carbons (Fsp3) is 0.462. The molecule has 0 fully saturated rings. The van der Waals surface area contributed by atoms with Gasteiger partial charge in [-0.3, -0.25) is 4.79 Å². The number of benzene rings is 1. The maximum Gasteiger partial charge on any atom is 0.238 e. The van der Waals surface area contributed by atoms with Crippen LogP contribution in [0, 0.1) is 0 Å². The normalized spacial score (nSPS) is 12.1. The number of carbonyl (C=O) groups is 1. The minimum Gasteiger partial charge on any atom is -0.496 e. The summed E-state index contributed by atoms with van der Waals surface area (Å²) in [5.74, 6) is 0.781. The molecule has 1 aromatic carbocycles. The number of carbonyl (C=O) groups excluding carboxylic acids is 1. The van der Waals surface area contributed by atoms with Gasteiger partial charge in [0.25, 0.3) is 0 Å². The lowest BCUT2D eigenvalue weighted by atomic mass is 10.1. The maximum atomic E-state index is 11.6. The van der Waals surface area contributed by atoms with Gasteiger partial charge in [-0.1, -0.05) is 15.9 Å². The Balaban J connectivity index is 2.68. The molecule has 0 aliphatic carbocycles. The van der Waals surface area contributed by atoms with Crippen LogP contribution in [-0.2, 0) is 11.2 Å². The average Bonchev–Trinajstić information content (AvgIpc) is 2.35. The van der Waals surface area contributed by atoms with Crippen molar-refractivity contribution in [2.45, 2.75) is 19.4 Å². The minimum atomic E-state index is -0.459. The second-order valence-corrected chi connectivity index (χ2v) is 5.17. The first kappa shape index (κ1) is 15.0. The van der Waals surface area contributed by atoms with Crippen LogP contribution in [0.2, 0.25) is 0 Å². The molecule has 0 spiro atoms. The van der Waals surface area contributed by atoms with Crippen LogP contribution < -0.4 is 10.5 Å². The molecule has 1 atom stereocenters. The second-order valence-electron chi connectivity index (χ2n) is 4.25. The van der Waals surface area contributed by atoms with E-state index in [2.05, 4.69) is 15.9 Å². The summed E-state index contributed by atoms with van der Waals surface area (Å²) in [4.78, 5) is 13.3. The van der Waals surface area contributed by atoms with E-state index in [0.29, 0.717) is 6.54 Å². The topological polar surface area (TPSA) is 55.6 Å². The summed E-state index contributed by atoms with van der Waals surface area (Å²) >= 11 is 3.43. The van der Waals surface area contributed by atoms with Gasteiger partial charge in [0.2, 0.25) is 5.91 Å². The monoisotopic (exact) mass is 314 g/mol. The summed E-state index contributed by atoms with van der Waals surface area (Å²) < 4.78 is 6.29. The Labute approximate surface area is 116 Å². The third-order valence-electron chi connectivity index (χ3n) is 2.72. The van der Waals surface area contributed by atoms with Crippen molar-refractivity contribution in [1.29, 1.82) is 0 Å². The number of ether oxygens (including phenoxy) is 1. The molecule has 0 radical (unpaired) electrons. The van der Waals surface area contributed by atoms with Gasteiger partial charge in [-0.2, -0.15) is 0 Å². The predicted molar refractivity (Wildman–Crippen MR) is 75.7 cm³/mol. The zero-order valence-electron chi connectivity index (χ0n) is 10.9. The van der Waals surface area contributed by atoms with Crippen LogP contribution in [-0.4, -0.2) is 37.6 Å². The summed E-state index contributed by atoms with van der Waals surface area (Å²) in [6, 6.07) is 5.38. The Morgan fingerprint density at radius 1 is 1.56 bits per heavy atom. The molecule has 100 valence electrons. The largest absolute Gasteiger partial charge is 0.496 e. The number of halogens is 1.